The standard InChI is InChI=1S/C14H18N4O2/c1-8-7-11-12(9(2)20-8)16-17-13(11)14(19)18(6-5-15)10-3-4-10/h8-10H,3-4,6-7H2,1-2H3,(H,16,17)/t8-,9+/m1/s1. The SMILES string of the molecule is C[C@@H]1Cc2c(C(=O)N(CC#N)C3CC3)n[nH]c2[C@H](C)O1. The molecule has 0 spiro atoms. The highest BCUT2D eigenvalue weighted by Gasteiger charge is 2.37. The number of nitrogens with zero attached hydrogens (tertiary/aromatic N) is 3. The predicted molar refractivity (Wildman–Crippen MR) is 70.9 cm³/mol. The normalized spacial score (nSPS) is 24.9. The molecular weight excluding hydrogens is 256 g/mol. The number of hydrogen-bond donors (Lipinski definition) is 1. The summed E-state index contributed by atoms with van der Waals surface area (Å²) in [5.74, 6) is -0.132. The first kappa shape index (κ1) is 13.1. The van der Waals surface area contributed by atoms with Crippen molar-refractivity contribution >= 4 is 5.91 Å². The number of rotatable bonds is 3. The molecule has 1 aromatic rings. The van der Waals surface area contributed by atoms with Crippen molar-refractivity contribution in [3.05, 3.63) is 17.0 Å². The Bertz CT molecular complexity index is 570. The largest absolute Gasteiger partial charge is 0.369 e. The first-order valence-corrected chi connectivity index (χ1v) is 7.02. The maximum absolute atomic E-state index is 12.6. The molecule has 1 amide bonds. The van der Waals surface area contributed by atoms with Crippen molar-refractivity contribution in [1.82, 2.24) is 15.1 Å². The maximum Gasteiger partial charge on any atom is 0.275 e. The van der Waals surface area contributed by atoms with Crippen LogP contribution in [0.15, 0.2) is 0 Å². The molecule has 0 aromatic carbocycles. The highest BCUT2D eigenvalue weighted by Crippen LogP contribution is 2.33. The van der Waals surface area contributed by atoms with E-state index in [1.807, 2.05) is 13.8 Å². The summed E-state index contributed by atoms with van der Waals surface area (Å²) in [6.45, 7) is 4.08. The number of nitrogens with one attached hydrogen (secondary N) is 1. The first-order valence-electron chi connectivity index (χ1n) is 7.02. The summed E-state index contributed by atoms with van der Waals surface area (Å²) in [4.78, 5) is 14.3. The second-order valence-electron chi connectivity index (χ2n) is 5.58. The number of hydrogen-bond acceptors (Lipinski definition) is 4. The van der Waals surface area contributed by atoms with Gasteiger partial charge in [0.05, 0.1) is 24.0 Å². The van der Waals surface area contributed by atoms with Crippen LogP contribution in [0.25, 0.3) is 0 Å². The minimum absolute atomic E-state index is 0.0758. The van der Waals surface area contributed by atoms with Gasteiger partial charge in [-0.1, -0.05) is 0 Å². The molecule has 1 fully saturated rings. The number of H-pyrrole nitrogens is 1. The summed E-state index contributed by atoms with van der Waals surface area (Å²) in [6, 6.07) is 2.28. The van der Waals surface area contributed by atoms with E-state index in [1.54, 1.807) is 4.90 Å². The van der Waals surface area contributed by atoms with E-state index in [0.29, 0.717) is 12.1 Å². The fraction of sp³-hybridized carbons (Fsp3) is 0.643. The van der Waals surface area contributed by atoms with E-state index in [9.17, 15) is 4.79 Å². The highest BCUT2D eigenvalue weighted by atomic mass is 16.5. The van der Waals surface area contributed by atoms with Crippen molar-refractivity contribution in [3.63, 3.8) is 0 Å². The zero-order valence-electron chi connectivity index (χ0n) is 11.7. The zero-order valence-corrected chi connectivity index (χ0v) is 11.7. The van der Waals surface area contributed by atoms with Gasteiger partial charge in [-0.2, -0.15) is 10.4 Å². The molecule has 0 bridgehead atoms. The molecule has 2 atom stereocenters. The van der Waals surface area contributed by atoms with Crippen LogP contribution in [0.5, 0.6) is 0 Å². The lowest BCUT2D eigenvalue weighted by Gasteiger charge is -2.26. The van der Waals surface area contributed by atoms with Crippen LogP contribution in [0.3, 0.4) is 0 Å². The molecule has 106 valence electrons. The summed E-state index contributed by atoms with van der Waals surface area (Å²) in [7, 11) is 0. The number of aromatic nitrogens is 2. The molecule has 20 heavy (non-hydrogen) atoms. The van der Waals surface area contributed by atoms with Crippen molar-refractivity contribution < 1.29 is 9.53 Å². The smallest absolute Gasteiger partial charge is 0.275 e. The molecule has 3 rings (SSSR count). The van der Waals surface area contributed by atoms with E-state index in [4.69, 9.17) is 10.00 Å². The minimum Gasteiger partial charge on any atom is -0.369 e. The predicted octanol–water partition coefficient (Wildman–Crippen LogP) is 1.56. The van der Waals surface area contributed by atoms with Crippen molar-refractivity contribution in [3.8, 4) is 6.07 Å². The van der Waals surface area contributed by atoms with Gasteiger partial charge in [-0.3, -0.25) is 9.89 Å². The molecule has 0 unspecified atom stereocenters. The van der Waals surface area contributed by atoms with Crippen LogP contribution in [-0.4, -0.2) is 39.7 Å². The van der Waals surface area contributed by atoms with Crippen LogP contribution in [-0.2, 0) is 11.2 Å². The second kappa shape index (κ2) is 4.91. The Balaban J connectivity index is 1.91. The topological polar surface area (TPSA) is 82.0 Å². The van der Waals surface area contributed by atoms with Gasteiger partial charge < -0.3 is 9.64 Å². The molecule has 1 saturated carbocycles. The molecule has 0 saturated heterocycles. The van der Waals surface area contributed by atoms with Gasteiger partial charge in [0.2, 0.25) is 0 Å². The van der Waals surface area contributed by atoms with E-state index in [-0.39, 0.29) is 30.7 Å². The van der Waals surface area contributed by atoms with Crippen molar-refractivity contribution in [2.45, 2.75) is 51.4 Å². The second-order valence-corrected chi connectivity index (χ2v) is 5.58. The summed E-state index contributed by atoms with van der Waals surface area (Å²) in [5.41, 5.74) is 2.30. The number of carbonyl (C=O) groups is 1. The Labute approximate surface area is 117 Å². The van der Waals surface area contributed by atoms with Gasteiger partial charge in [0.15, 0.2) is 5.69 Å². The molecule has 1 aliphatic heterocycles. The van der Waals surface area contributed by atoms with Crippen molar-refractivity contribution in [1.29, 1.82) is 5.26 Å². The monoisotopic (exact) mass is 274 g/mol. The Morgan fingerprint density at radius 3 is 2.95 bits per heavy atom. The Morgan fingerprint density at radius 1 is 1.55 bits per heavy atom. The number of carbonyl (C=O) groups excluding carboxylic acids is 1. The lowest BCUT2D eigenvalue weighted by molar-refractivity contribution is -0.00701. The minimum atomic E-state index is -0.132. The van der Waals surface area contributed by atoms with Crippen LogP contribution in [0, 0.1) is 11.3 Å². The average molecular weight is 274 g/mol. The van der Waals surface area contributed by atoms with Crippen LogP contribution in [0.1, 0.15) is 54.5 Å². The van der Waals surface area contributed by atoms with Crippen LogP contribution in [0.2, 0.25) is 0 Å². The lowest BCUT2D eigenvalue weighted by atomic mass is 9.99. The van der Waals surface area contributed by atoms with E-state index >= 15 is 0 Å². The molecule has 1 N–H and O–H groups in total. The zero-order chi connectivity index (χ0) is 14.3. The molecular formula is C14H18N4O2. The van der Waals surface area contributed by atoms with E-state index in [1.165, 1.54) is 0 Å². The van der Waals surface area contributed by atoms with E-state index in [0.717, 1.165) is 24.1 Å². The van der Waals surface area contributed by atoms with E-state index < -0.39 is 0 Å². The average Bonchev–Trinajstić information content (AvgIpc) is 3.15. The highest BCUT2D eigenvalue weighted by molar-refractivity contribution is 5.94. The quantitative estimate of drug-likeness (QED) is 0.848. The summed E-state index contributed by atoms with van der Waals surface area (Å²) in [6.07, 6.45) is 2.65. The fourth-order valence-corrected chi connectivity index (χ4v) is 2.82. The number of ether oxygens (including phenoxy) is 1. The Morgan fingerprint density at radius 2 is 2.30 bits per heavy atom. The van der Waals surface area contributed by atoms with Gasteiger partial charge in [0, 0.05) is 18.0 Å². The molecule has 2 aliphatic rings. The van der Waals surface area contributed by atoms with Gasteiger partial charge >= 0.3 is 0 Å². The third-order valence-electron chi connectivity index (χ3n) is 3.93. The molecule has 6 nitrogen and oxygen atoms in total. The Hall–Kier alpha value is -1.87. The Kier molecular flexibility index (Phi) is 3.22. The van der Waals surface area contributed by atoms with Gasteiger partial charge in [-0.25, -0.2) is 0 Å². The fourth-order valence-electron chi connectivity index (χ4n) is 2.82. The molecule has 1 aromatic heterocycles. The summed E-state index contributed by atoms with van der Waals surface area (Å²) < 4.78 is 5.72. The third kappa shape index (κ3) is 2.18. The number of fused-ring (bicyclic) bond motifs is 1. The summed E-state index contributed by atoms with van der Waals surface area (Å²) >= 11 is 0. The molecule has 0 radical (unpaired) electrons. The van der Waals surface area contributed by atoms with Crippen LogP contribution in [0.4, 0.5) is 0 Å². The van der Waals surface area contributed by atoms with Gasteiger partial charge in [-0.15, -0.1) is 0 Å². The third-order valence-corrected chi connectivity index (χ3v) is 3.93. The molecule has 6 heteroatoms. The number of amides is 1. The molecule has 2 heterocycles. The summed E-state index contributed by atoms with van der Waals surface area (Å²) in [5, 5.41) is 16.0. The van der Waals surface area contributed by atoms with Crippen LogP contribution >= 0.6 is 0 Å². The van der Waals surface area contributed by atoms with Crippen molar-refractivity contribution in [2.24, 2.45) is 0 Å². The lowest BCUT2D eigenvalue weighted by Crippen LogP contribution is -2.35. The van der Waals surface area contributed by atoms with Gasteiger partial charge in [0.25, 0.3) is 5.91 Å². The number of nitriles is 1. The van der Waals surface area contributed by atoms with E-state index in [2.05, 4.69) is 16.3 Å². The van der Waals surface area contributed by atoms with Crippen LogP contribution < -0.4 is 0 Å². The van der Waals surface area contributed by atoms with Gasteiger partial charge in [0.1, 0.15) is 6.54 Å². The van der Waals surface area contributed by atoms with Gasteiger partial charge in [-0.05, 0) is 26.7 Å². The first-order chi connectivity index (χ1) is 9.61. The number of aromatic amines is 1. The molecule has 1 aliphatic carbocycles. The maximum atomic E-state index is 12.6. The van der Waals surface area contributed by atoms with Crippen molar-refractivity contribution in [2.75, 3.05) is 6.54 Å².